The van der Waals surface area contributed by atoms with E-state index >= 15 is 0 Å². The van der Waals surface area contributed by atoms with E-state index in [1.54, 1.807) is 0 Å². The zero-order chi connectivity index (χ0) is 20.7. The van der Waals surface area contributed by atoms with Crippen LogP contribution in [-0.4, -0.2) is 31.1 Å². The maximum absolute atomic E-state index is 13.2. The number of halogens is 3. The Morgan fingerprint density at radius 2 is 1.64 bits per heavy atom. The average Bonchev–Trinajstić information content (AvgIpc) is 2.67. The summed E-state index contributed by atoms with van der Waals surface area (Å²) in [4.78, 5) is 35.4. The Hall–Kier alpha value is -3.00. The number of carbonyl (C=O) groups is 3. The molecular formula is C19H16ClF2NO5. The van der Waals surface area contributed by atoms with E-state index in [0.717, 1.165) is 0 Å². The summed E-state index contributed by atoms with van der Waals surface area (Å²) in [5.41, 5.74) is 0.285. The molecule has 0 aliphatic heterocycles. The molecule has 0 aliphatic rings. The first-order valence-electron chi connectivity index (χ1n) is 8.20. The van der Waals surface area contributed by atoms with Gasteiger partial charge in [-0.2, -0.15) is 0 Å². The molecule has 2 rings (SSSR count). The van der Waals surface area contributed by atoms with Crippen molar-refractivity contribution in [3.8, 4) is 0 Å². The van der Waals surface area contributed by atoms with E-state index < -0.39 is 41.7 Å². The number of hydrogen-bond donors (Lipinski definition) is 1. The first-order chi connectivity index (χ1) is 13.3. The number of rotatable bonds is 7. The monoisotopic (exact) mass is 411 g/mol. The molecule has 0 aromatic heterocycles. The molecule has 2 aromatic carbocycles. The van der Waals surface area contributed by atoms with Gasteiger partial charge in [-0.3, -0.25) is 4.79 Å². The van der Waals surface area contributed by atoms with E-state index in [1.165, 1.54) is 24.3 Å². The Kier molecular flexibility index (Phi) is 7.45. The van der Waals surface area contributed by atoms with Gasteiger partial charge in [-0.1, -0.05) is 18.5 Å². The molecule has 0 saturated heterocycles. The van der Waals surface area contributed by atoms with Gasteiger partial charge in [-0.05, 0) is 42.8 Å². The number of nitrogens with one attached hydrogen (secondary N) is 1. The van der Waals surface area contributed by atoms with Crippen molar-refractivity contribution in [2.75, 3.05) is 18.5 Å². The SMILES string of the molecule is CCCOC(=O)c1ccc(NC(=O)COC(=O)c2cc(F)c(F)cc2Cl)cc1. The van der Waals surface area contributed by atoms with Gasteiger partial charge >= 0.3 is 11.9 Å². The fourth-order valence-corrected chi connectivity index (χ4v) is 2.28. The van der Waals surface area contributed by atoms with Crippen LogP contribution in [0.15, 0.2) is 36.4 Å². The number of benzene rings is 2. The standard InChI is InChI=1S/C19H16ClF2NO5/c1-2-7-27-18(25)11-3-5-12(6-4-11)23-17(24)10-28-19(26)13-8-15(21)16(22)9-14(13)20/h3-6,8-9H,2,7,10H2,1H3,(H,23,24). The summed E-state index contributed by atoms with van der Waals surface area (Å²) in [6.07, 6.45) is 0.703. The van der Waals surface area contributed by atoms with Crippen LogP contribution in [0.1, 0.15) is 34.1 Å². The minimum Gasteiger partial charge on any atom is -0.462 e. The minimum absolute atomic E-state index is 0.310. The van der Waals surface area contributed by atoms with Gasteiger partial charge in [0.2, 0.25) is 0 Å². The second kappa shape index (κ2) is 9.80. The average molecular weight is 412 g/mol. The zero-order valence-corrected chi connectivity index (χ0v) is 15.5. The summed E-state index contributed by atoms with van der Waals surface area (Å²) >= 11 is 5.67. The van der Waals surface area contributed by atoms with Crippen LogP contribution in [0.4, 0.5) is 14.5 Å². The van der Waals surface area contributed by atoms with E-state index in [1.807, 2.05) is 6.92 Å². The lowest BCUT2D eigenvalue weighted by atomic mass is 10.2. The summed E-state index contributed by atoms with van der Waals surface area (Å²) in [5.74, 6) is -4.70. The highest BCUT2D eigenvalue weighted by Crippen LogP contribution is 2.21. The molecule has 0 unspecified atom stereocenters. The van der Waals surface area contributed by atoms with Gasteiger partial charge in [-0.25, -0.2) is 18.4 Å². The van der Waals surface area contributed by atoms with Crippen LogP contribution >= 0.6 is 11.6 Å². The topological polar surface area (TPSA) is 81.7 Å². The highest BCUT2D eigenvalue weighted by atomic mass is 35.5. The highest BCUT2D eigenvalue weighted by Gasteiger charge is 2.17. The van der Waals surface area contributed by atoms with Crippen molar-refractivity contribution >= 4 is 35.1 Å². The normalized spacial score (nSPS) is 10.3. The smallest absolute Gasteiger partial charge is 0.340 e. The van der Waals surface area contributed by atoms with Crippen LogP contribution in [0.2, 0.25) is 5.02 Å². The van der Waals surface area contributed by atoms with E-state index in [2.05, 4.69) is 5.32 Å². The van der Waals surface area contributed by atoms with Crippen molar-refractivity contribution in [1.29, 1.82) is 0 Å². The van der Waals surface area contributed by atoms with Crippen molar-refractivity contribution in [3.05, 3.63) is 64.2 Å². The maximum atomic E-state index is 13.2. The molecule has 0 saturated carbocycles. The van der Waals surface area contributed by atoms with Crippen LogP contribution in [0.3, 0.4) is 0 Å². The molecule has 6 nitrogen and oxygen atoms in total. The number of ether oxygens (including phenoxy) is 2. The fraction of sp³-hybridized carbons (Fsp3) is 0.211. The van der Waals surface area contributed by atoms with Gasteiger partial charge in [0.25, 0.3) is 5.91 Å². The first-order valence-corrected chi connectivity index (χ1v) is 8.58. The molecule has 1 amide bonds. The molecule has 9 heteroatoms. The van der Waals surface area contributed by atoms with Crippen molar-refractivity contribution in [2.45, 2.75) is 13.3 Å². The van der Waals surface area contributed by atoms with E-state index in [0.29, 0.717) is 36.4 Å². The van der Waals surface area contributed by atoms with E-state index in [9.17, 15) is 23.2 Å². The molecular weight excluding hydrogens is 396 g/mol. The Balaban J connectivity index is 1.89. The third-order valence-electron chi connectivity index (χ3n) is 3.41. The Labute approximate surface area is 164 Å². The number of carbonyl (C=O) groups excluding carboxylic acids is 3. The molecule has 1 N–H and O–H groups in total. The molecule has 0 spiro atoms. The Morgan fingerprint density at radius 1 is 1.00 bits per heavy atom. The van der Waals surface area contributed by atoms with E-state index in [4.69, 9.17) is 21.1 Å². The summed E-state index contributed by atoms with van der Waals surface area (Å²) in [6, 6.07) is 7.14. The van der Waals surface area contributed by atoms with Crippen LogP contribution in [-0.2, 0) is 14.3 Å². The Bertz CT molecular complexity index is 887. The summed E-state index contributed by atoms with van der Waals surface area (Å²) < 4.78 is 36.0. The predicted molar refractivity (Wildman–Crippen MR) is 97.3 cm³/mol. The van der Waals surface area contributed by atoms with Crippen LogP contribution in [0.25, 0.3) is 0 Å². The highest BCUT2D eigenvalue weighted by molar-refractivity contribution is 6.33. The summed E-state index contributed by atoms with van der Waals surface area (Å²) in [7, 11) is 0. The zero-order valence-electron chi connectivity index (χ0n) is 14.8. The lowest BCUT2D eigenvalue weighted by molar-refractivity contribution is -0.119. The van der Waals surface area contributed by atoms with Crippen molar-refractivity contribution in [2.24, 2.45) is 0 Å². The second-order valence-corrected chi connectivity index (χ2v) is 5.99. The molecule has 0 bridgehead atoms. The number of anilines is 1. The summed E-state index contributed by atoms with van der Waals surface area (Å²) in [6.45, 7) is 1.51. The van der Waals surface area contributed by atoms with Crippen LogP contribution < -0.4 is 5.32 Å². The molecule has 2 aromatic rings. The fourth-order valence-electron chi connectivity index (χ4n) is 2.05. The maximum Gasteiger partial charge on any atom is 0.340 e. The molecule has 0 heterocycles. The number of esters is 2. The second-order valence-electron chi connectivity index (χ2n) is 5.58. The van der Waals surface area contributed by atoms with Gasteiger partial charge in [-0.15, -0.1) is 0 Å². The predicted octanol–water partition coefficient (Wildman–Crippen LogP) is 3.98. The number of amides is 1. The van der Waals surface area contributed by atoms with Crippen molar-refractivity contribution in [1.82, 2.24) is 0 Å². The molecule has 0 fully saturated rings. The van der Waals surface area contributed by atoms with E-state index in [-0.39, 0.29) is 5.02 Å². The first kappa shape index (κ1) is 21.3. The van der Waals surface area contributed by atoms with Gasteiger partial charge in [0.1, 0.15) is 0 Å². The third-order valence-corrected chi connectivity index (χ3v) is 3.72. The van der Waals surface area contributed by atoms with Crippen LogP contribution in [0, 0.1) is 11.6 Å². The lowest BCUT2D eigenvalue weighted by Crippen LogP contribution is -2.21. The lowest BCUT2D eigenvalue weighted by Gasteiger charge is -2.08. The molecule has 0 aliphatic carbocycles. The van der Waals surface area contributed by atoms with Crippen molar-refractivity contribution in [3.63, 3.8) is 0 Å². The summed E-state index contributed by atoms with van der Waals surface area (Å²) in [5, 5.41) is 2.12. The molecule has 28 heavy (non-hydrogen) atoms. The minimum atomic E-state index is -1.27. The number of hydrogen-bond acceptors (Lipinski definition) is 5. The van der Waals surface area contributed by atoms with Gasteiger partial charge in [0.15, 0.2) is 18.2 Å². The van der Waals surface area contributed by atoms with Gasteiger partial charge in [0.05, 0.1) is 22.8 Å². The molecule has 0 atom stereocenters. The van der Waals surface area contributed by atoms with Gasteiger partial charge in [0, 0.05) is 5.69 Å². The van der Waals surface area contributed by atoms with Crippen LogP contribution in [0.5, 0.6) is 0 Å². The molecule has 0 radical (unpaired) electrons. The largest absolute Gasteiger partial charge is 0.462 e. The molecule has 148 valence electrons. The quantitative estimate of drug-likeness (QED) is 0.550. The van der Waals surface area contributed by atoms with Gasteiger partial charge < -0.3 is 14.8 Å². The van der Waals surface area contributed by atoms with Crippen molar-refractivity contribution < 1.29 is 32.6 Å². The third kappa shape index (κ3) is 5.75. The Morgan fingerprint density at radius 3 is 2.29 bits per heavy atom.